The van der Waals surface area contributed by atoms with Gasteiger partial charge in [0.1, 0.15) is 0 Å². The highest BCUT2D eigenvalue weighted by Crippen LogP contribution is 2.32. The number of aryl methyl sites for hydroxylation is 1. The fourth-order valence-electron chi connectivity index (χ4n) is 2.10. The van der Waals surface area contributed by atoms with Crippen molar-refractivity contribution in [3.8, 4) is 11.5 Å². The van der Waals surface area contributed by atoms with Gasteiger partial charge in [-0.3, -0.25) is 0 Å². The number of nitrogens with zero attached hydrogens (tertiary/aromatic N) is 3. The average molecular weight is 275 g/mol. The number of tetrazole rings is 1. The Morgan fingerprint density at radius 2 is 2.25 bits per heavy atom. The minimum absolute atomic E-state index is 0.321. The van der Waals surface area contributed by atoms with Crippen molar-refractivity contribution in [3.05, 3.63) is 29.6 Å². The molecule has 7 nitrogen and oxygen atoms in total. The number of hydrogen-bond donors (Lipinski definition) is 2. The van der Waals surface area contributed by atoms with E-state index in [-0.39, 0.29) is 0 Å². The fourth-order valence-corrected chi connectivity index (χ4v) is 2.10. The molecule has 0 saturated carbocycles. The molecule has 0 amide bonds. The smallest absolute Gasteiger partial charge is 0.231 e. The highest BCUT2D eigenvalue weighted by molar-refractivity contribution is 5.44. The zero-order valence-electron chi connectivity index (χ0n) is 11.3. The first-order valence-electron chi connectivity index (χ1n) is 6.65. The van der Waals surface area contributed by atoms with Crippen LogP contribution in [0.5, 0.6) is 11.5 Å². The van der Waals surface area contributed by atoms with E-state index in [9.17, 15) is 0 Å². The van der Waals surface area contributed by atoms with Crippen LogP contribution in [-0.2, 0) is 13.0 Å². The largest absolute Gasteiger partial charge is 0.454 e. The van der Waals surface area contributed by atoms with Gasteiger partial charge in [-0.2, -0.15) is 5.21 Å². The Morgan fingerprint density at radius 3 is 3.10 bits per heavy atom. The average Bonchev–Trinajstić information content (AvgIpc) is 3.13. The first-order chi connectivity index (χ1) is 9.81. The van der Waals surface area contributed by atoms with E-state index in [1.165, 1.54) is 5.56 Å². The molecule has 106 valence electrons. The van der Waals surface area contributed by atoms with Crippen molar-refractivity contribution >= 4 is 0 Å². The molecule has 2 aromatic rings. The van der Waals surface area contributed by atoms with Gasteiger partial charge in [-0.05, 0) is 37.5 Å². The SMILES string of the molecule is CC(CCc1ccc2c(c1)OCO2)NCc1nn[nH]n1. The van der Waals surface area contributed by atoms with Gasteiger partial charge in [0.15, 0.2) is 17.3 Å². The van der Waals surface area contributed by atoms with Crippen LogP contribution >= 0.6 is 0 Å². The Hall–Kier alpha value is -2.15. The van der Waals surface area contributed by atoms with Crippen LogP contribution in [0.1, 0.15) is 24.7 Å². The summed E-state index contributed by atoms with van der Waals surface area (Å²) in [7, 11) is 0. The summed E-state index contributed by atoms with van der Waals surface area (Å²) in [6.07, 6.45) is 2.01. The van der Waals surface area contributed by atoms with Crippen LogP contribution in [0.15, 0.2) is 18.2 Å². The molecule has 1 aromatic heterocycles. The van der Waals surface area contributed by atoms with Crippen LogP contribution < -0.4 is 14.8 Å². The maximum atomic E-state index is 5.38. The Labute approximate surface area is 116 Å². The maximum Gasteiger partial charge on any atom is 0.231 e. The van der Waals surface area contributed by atoms with E-state index in [0.29, 0.717) is 25.2 Å². The number of aromatic nitrogens is 4. The normalized spacial score (nSPS) is 14.4. The third-order valence-corrected chi connectivity index (χ3v) is 3.30. The highest BCUT2D eigenvalue weighted by Gasteiger charge is 2.13. The number of hydrogen-bond acceptors (Lipinski definition) is 6. The molecule has 0 fully saturated rings. The van der Waals surface area contributed by atoms with Gasteiger partial charge in [0.05, 0.1) is 6.54 Å². The van der Waals surface area contributed by atoms with Crippen LogP contribution in [0.2, 0.25) is 0 Å². The van der Waals surface area contributed by atoms with Crippen LogP contribution in [0.4, 0.5) is 0 Å². The number of nitrogens with one attached hydrogen (secondary N) is 2. The maximum absolute atomic E-state index is 5.38. The number of aromatic amines is 1. The molecule has 3 rings (SSSR count). The van der Waals surface area contributed by atoms with Crippen molar-refractivity contribution in [2.75, 3.05) is 6.79 Å². The minimum Gasteiger partial charge on any atom is -0.454 e. The lowest BCUT2D eigenvalue weighted by Gasteiger charge is -2.12. The van der Waals surface area contributed by atoms with Crippen LogP contribution in [0, 0.1) is 0 Å². The standard InChI is InChI=1S/C13H17N5O2/c1-9(14-7-13-15-17-18-16-13)2-3-10-4-5-11-12(6-10)20-8-19-11/h4-6,9,14H,2-3,7-8H2,1H3,(H,15,16,17,18). The Balaban J connectivity index is 1.46. The minimum atomic E-state index is 0.321. The zero-order chi connectivity index (χ0) is 13.8. The summed E-state index contributed by atoms with van der Waals surface area (Å²) >= 11 is 0. The molecule has 0 radical (unpaired) electrons. The molecular weight excluding hydrogens is 258 g/mol. The molecule has 1 aliphatic heterocycles. The van der Waals surface area contributed by atoms with E-state index >= 15 is 0 Å². The van der Waals surface area contributed by atoms with Gasteiger partial charge in [0.2, 0.25) is 6.79 Å². The third-order valence-electron chi connectivity index (χ3n) is 3.30. The highest BCUT2D eigenvalue weighted by atomic mass is 16.7. The zero-order valence-corrected chi connectivity index (χ0v) is 11.3. The van der Waals surface area contributed by atoms with E-state index in [1.807, 2.05) is 12.1 Å². The van der Waals surface area contributed by atoms with E-state index < -0.39 is 0 Å². The molecular formula is C13H17N5O2. The number of ether oxygens (including phenoxy) is 2. The molecule has 0 saturated heterocycles. The topological polar surface area (TPSA) is 85.0 Å². The quantitative estimate of drug-likeness (QED) is 0.819. The van der Waals surface area contributed by atoms with Crippen LogP contribution in [-0.4, -0.2) is 33.5 Å². The Bertz CT molecular complexity index is 558. The summed E-state index contributed by atoms with van der Waals surface area (Å²) in [4.78, 5) is 0. The summed E-state index contributed by atoms with van der Waals surface area (Å²) in [5.41, 5.74) is 1.25. The van der Waals surface area contributed by atoms with Crippen LogP contribution in [0.3, 0.4) is 0 Å². The van der Waals surface area contributed by atoms with Crippen molar-refractivity contribution in [2.45, 2.75) is 32.4 Å². The molecule has 2 N–H and O–H groups in total. The molecule has 0 spiro atoms. The lowest BCUT2D eigenvalue weighted by molar-refractivity contribution is 0.174. The second-order valence-corrected chi connectivity index (χ2v) is 4.84. The van der Waals surface area contributed by atoms with E-state index in [0.717, 1.165) is 24.3 Å². The number of fused-ring (bicyclic) bond motifs is 1. The molecule has 0 aliphatic carbocycles. The first-order valence-corrected chi connectivity index (χ1v) is 6.65. The van der Waals surface area contributed by atoms with Crippen molar-refractivity contribution in [3.63, 3.8) is 0 Å². The number of H-pyrrole nitrogens is 1. The van der Waals surface area contributed by atoms with Crippen molar-refractivity contribution in [1.29, 1.82) is 0 Å². The summed E-state index contributed by atoms with van der Waals surface area (Å²) in [5, 5.41) is 17.1. The van der Waals surface area contributed by atoms with Gasteiger partial charge in [0, 0.05) is 6.04 Å². The predicted molar refractivity (Wildman–Crippen MR) is 71.4 cm³/mol. The lowest BCUT2D eigenvalue weighted by Crippen LogP contribution is -2.26. The summed E-state index contributed by atoms with van der Waals surface area (Å²) in [6.45, 7) is 3.09. The second kappa shape index (κ2) is 5.87. The molecule has 1 aliphatic rings. The molecule has 1 atom stereocenters. The van der Waals surface area contributed by atoms with Gasteiger partial charge in [0.25, 0.3) is 0 Å². The summed E-state index contributed by atoms with van der Waals surface area (Å²) in [5.74, 6) is 2.35. The molecule has 2 heterocycles. The third kappa shape index (κ3) is 3.05. The van der Waals surface area contributed by atoms with Crippen molar-refractivity contribution in [2.24, 2.45) is 0 Å². The Morgan fingerprint density at radius 1 is 1.35 bits per heavy atom. The van der Waals surface area contributed by atoms with Crippen molar-refractivity contribution < 1.29 is 9.47 Å². The summed E-state index contributed by atoms with van der Waals surface area (Å²) in [6, 6.07) is 6.47. The molecule has 1 aromatic carbocycles. The fraction of sp³-hybridized carbons (Fsp3) is 0.462. The van der Waals surface area contributed by atoms with Gasteiger partial charge in [-0.15, -0.1) is 10.2 Å². The van der Waals surface area contributed by atoms with Gasteiger partial charge < -0.3 is 14.8 Å². The van der Waals surface area contributed by atoms with Gasteiger partial charge in [-0.25, -0.2) is 0 Å². The van der Waals surface area contributed by atoms with Gasteiger partial charge in [-0.1, -0.05) is 11.3 Å². The van der Waals surface area contributed by atoms with E-state index in [1.54, 1.807) is 0 Å². The lowest BCUT2D eigenvalue weighted by atomic mass is 10.1. The van der Waals surface area contributed by atoms with Gasteiger partial charge >= 0.3 is 0 Å². The molecule has 0 bridgehead atoms. The molecule has 1 unspecified atom stereocenters. The molecule has 7 heteroatoms. The Kier molecular flexibility index (Phi) is 3.78. The van der Waals surface area contributed by atoms with E-state index in [2.05, 4.69) is 38.9 Å². The first kappa shape index (κ1) is 12.9. The van der Waals surface area contributed by atoms with Crippen molar-refractivity contribution in [1.82, 2.24) is 25.9 Å². The van der Waals surface area contributed by atoms with Crippen LogP contribution in [0.25, 0.3) is 0 Å². The second-order valence-electron chi connectivity index (χ2n) is 4.84. The summed E-state index contributed by atoms with van der Waals surface area (Å²) < 4.78 is 10.7. The number of rotatable bonds is 6. The molecule has 20 heavy (non-hydrogen) atoms. The monoisotopic (exact) mass is 275 g/mol. The predicted octanol–water partition coefficient (Wildman–Crippen LogP) is 1.04. The van der Waals surface area contributed by atoms with E-state index in [4.69, 9.17) is 9.47 Å². The number of benzene rings is 1.